The van der Waals surface area contributed by atoms with Crippen LogP contribution in [0.2, 0.25) is 0 Å². The topological polar surface area (TPSA) is 29.5 Å². The van der Waals surface area contributed by atoms with E-state index in [1.54, 1.807) is 7.11 Å². The molecular formula is C19H22O2. The Balaban J connectivity index is 1.81. The predicted molar refractivity (Wildman–Crippen MR) is 84.8 cm³/mol. The molecule has 1 aliphatic carbocycles. The third kappa shape index (κ3) is 3.27. The number of aliphatic hydroxyl groups is 1. The molecule has 1 saturated carbocycles. The monoisotopic (exact) mass is 282 g/mol. The van der Waals surface area contributed by atoms with Gasteiger partial charge in [0, 0.05) is 6.42 Å². The Labute approximate surface area is 126 Å². The van der Waals surface area contributed by atoms with Gasteiger partial charge in [-0.25, -0.2) is 0 Å². The van der Waals surface area contributed by atoms with Crippen molar-refractivity contribution in [3.8, 4) is 5.75 Å². The van der Waals surface area contributed by atoms with Crippen LogP contribution in [0.4, 0.5) is 0 Å². The van der Waals surface area contributed by atoms with Gasteiger partial charge in [0.15, 0.2) is 0 Å². The molecule has 21 heavy (non-hydrogen) atoms. The number of rotatable bonds is 5. The number of benzene rings is 2. The molecule has 0 aromatic heterocycles. The number of aryl methyl sites for hydroxylation is 1. The predicted octanol–water partition coefficient (Wildman–Crippen LogP) is 4.16. The van der Waals surface area contributed by atoms with Gasteiger partial charge >= 0.3 is 0 Å². The summed E-state index contributed by atoms with van der Waals surface area (Å²) in [7, 11) is 1.67. The van der Waals surface area contributed by atoms with Gasteiger partial charge in [-0.2, -0.15) is 0 Å². The third-order valence-electron chi connectivity index (χ3n) is 4.19. The molecule has 1 atom stereocenters. The van der Waals surface area contributed by atoms with E-state index < -0.39 is 6.10 Å². The van der Waals surface area contributed by atoms with Gasteiger partial charge in [-0.1, -0.05) is 42.0 Å². The van der Waals surface area contributed by atoms with Crippen molar-refractivity contribution in [1.29, 1.82) is 0 Å². The number of hydrogen-bond acceptors (Lipinski definition) is 2. The largest absolute Gasteiger partial charge is 0.496 e. The van der Waals surface area contributed by atoms with Crippen LogP contribution in [-0.2, 0) is 6.42 Å². The van der Waals surface area contributed by atoms with E-state index in [0.29, 0.717) is 12.3 Å². The van der Waals surface area contributed by atoms with Crippen molar-refractivity contribution in [3.63, 3.8) is 0 Å². The lowest BCUT2D eigenvalue weighted by Crippen LogP contribution is -2.04. The molecule has 2 aromatic rings. The Morgan fingerprint density at radius 2 is 2.00 bits per heavy atom. The lowest BCUT2D eigenvalue weighted by atomic mass is 9.97. The molecule has 0 radical (unpaired) electrons. The van der Waals surface area contributed by atoms with Crippen LogP contribution in [0, 0.1) is 6.92 Å². The number of hydrogen-bond donors (Lipinski definition) is 1. The van der Waals surface area contributed by atoms with Crippen LogP contribution in [0.15, 0.2) is 42.5 Å². The quantitative estimate of drug-likeness (QED) is 0.892. The van der Waals surface area contributed by atoms with E-state index >= 15 is 0 Å². The van der Waals surface area contributed by atoms with Crippen molar-refractivity contribution >= 4 is 0 Å². The summed E-state index contributed by atoms with van der Waals surface area (Å²) in [5.74, 6) is 1.56. The van der Waals surface area contributed by atoms with Crippen LogP contribution < -0.4 is 4.74 Å². The standard InChI is InChI=1S/C19H22O2/c1-13-6-9-19(21-2)17(10-13)12-18(20)16-5-3-4-15(11-16)14-7-8-14/h3-6,9-11,14,18,20H,7-8,12H2,1-2H3. The first-order valence-electron chi connectivity index (χ1n) is 7.59. The van der Waals surface area contributed by atoms with E-state index in [0.717, 1.165) is 16.9 Å². The molecule has 1 unspecified atom stereocenters. The molecule has 110 valence electrons. The smallest absolute Gasteiger partial charge is 0.122 e. The Kier molecular flexibility index (Phi) is 3.98. The maximum absolute atomic E-state index is 10.6. The summed E-state index contributed by atoms with van der Waals surface area (Å²) in [6.45, 7) is 2.06. The van der Waals surface area contributed by atoms with Crippen molar-refractivity contribution in [2.45, 2.75) is 38.2 Å². The summed E-state index contributed by atoms with van der Waals surface area (Å²) in [6, 6.07) is 14.5. The molecule has 1 aliphatic rings. The van der Waals surface area contributed by atoms with Crippen LogP contribution in [0.5, 0.6) is 5.75 Å². The highest BCUT2D eigenvalue weighted by molar-refractivity contribution is 5.38. The Morgan fingerprint density at radius 1 is 1.19 bits per heavy atom. The van der Waals surface area contributed by atoms with Crippen molar-refractivity contribution in [1.82, 2.24) is 0 Å². The van der Waals surface area contributed by atoms with Gasteiger partial charge in [-0.3, -0.25) is 0 Å². The SMILES string of the molecule is COc1ccc(C)cc1CC(O)c1cccc(C2CC2)c1. The molecule has 3 rings (SSSR count). The Bertz CT molecular complexity index is 629. The number of methoxy groups -OCH3 is 1. The van der Waals surface area contributed by atoms with Crippen LogP contribution in [0.1, 0.15) is 47.1 Å². The molecule has 0 amide bonds. The molecule has 0 aliphatic heterocycles. The van der Waals surface area contributed by atoms with E-state index in [9.17, 15) is 5.11 Å². The molecule has 2 nitrogen and oxygen atoms in total. The van der Waals surface area contributed by atoms with Gasteiger partial charge in [0.2, 0.25) is 0 Å². The van der Waals surface area contributed by atoms with E-state index in [1.165, 1.54) is 24.0 Å². The zero-order chi connectivity index (χ0) is 14.8. The first kappa shape index (κ1) is 14.2. The summed E-state index contributed by atoms with van der Waals surface area (Å²) in [5, 5.41) is 10.6. The lowest BCUT2D eigenvalue weighted by Gasteiger charge is -2.15. The minimum Gasteiger partial charge on any atom is -0.496 e. The Morgan fingerprint density at radius 3 is 2.71 bits per heavy atom. The molecule has 2 aromatic carbocycles. The number of aliphatic hydroxyl groups excluding tert-OH is 1. The summed E-state index contributed by atoms with van der Waals surface area (Å²) in [5.41, 5.74) is 4.61. The number of ether oxygens (including phenoxy) is 1. The molecule has 1 fully saturated rings. The minimum absolute atomic E-state index is 0.487. The summed E-state index contributed by atoms with van der Waals surface area (Å²) in [6.07, 6.45) is 2.66. The average molecular weight is 282 g/mol. The van der Waals surface area contributed by atoms with E-state index in [-0.39, 0.29) is 0 Å². The summed E-state index contributed by atoms with van der Waals surface area (Å²) >= 11 is 0. The second-order valence-corrected chi connectivity index (χ2v) is 5.98. The van der Waals surface area contributed by atoms with Gasteiger partial charge in [-0.05, 0) is 48.4 Å². The van der Waals surface area contributed by atoms with Crippen molar-refractivity contribution in [2.24, 2.45) is 0 Å². The van der Waals surface area contributed by atoms with Crippen LogP contribution in [0.3, 0.4) is 0 Å². The second-order valence-electron chi connectivity index (χ2n) is 5.98. The van der Waals surface area contributed by atoms with E-state index in [1.807, 2.05) is 18.2 Å². The van der Waals surface area contributed by atoms with Crippen molar-refractivity contribution in [3.05, 3.63) is 64.7 Å². The first-order valence-corrected chi connectivity index (χ1v) is 7.59. The van der Waals surface area contributed by atoms with E-state index in [2.05, 4.69) is 31.2 Å². The molecule has 0 spiro atoms. The highest BCUT2D eigenvalue weighted by atomic mass is 16.5. The van der Waals surface area contributed by atoms with E-state index in [4.69, 9.17) is 4.74 Å². The first-order chi connectivity index (χ1) is 10.2. The van der Waals surface area contributed by atoms with Crippen molar-refractivity contribution < 1.29 is 9.84 Å². The summed E-state index contributed by atoms with van der Waals surface area (Å²) < 4.78 is 5.40. The molecule has 0 bridgehead atoms. The van der Waals surface area contributed by atoms with Gasteiger partial charge in [0.25, 0.3) is 0 Å². The zero-order valence-corrected chi connectivity index (χ0v) is 12.7. The van der Waals surface area contributed by atoms with Gasteiger partial charge in [-0.15, -0.1) is 0 Å². The van der Waals surface area contributed by atoms with Gasteiger partial charge < -0.3 is 9.84 Å². The Hall–Kier alpha value is -1.80. The highest BCUT2D eigenvalue weighted by Crippen LogP contribution is 2.40. The molecule has 1 N–H and O–H groups in total. The fourth-order valence-electron chi connectivity index (χ4n) is 2.83. The van der Waals surface area contributed by atoms with Crippen LogP contribution in [0.25, 0.3) is 0 Å². The van der Waals surface area contributed by atoms with Gasteiger partial charge in [0.1, 0.15) is 5.75 Å². The fraction of sp³-hybridized carbons (Fsp3) is 0.368. The molecular weight excluding hydrogens is 260 g/mol. The third-order valence-corrected chi connectivity index (χ3v) is 4.19. The molecule has 2 heteroatoms. The van der Waals surface area contributed by atoms with Crippen molar-refractivity contribution in [2.75, 3.05) is 7.11 Å². The summed E-state index contributed by atoms with van der Waals surface area (Å²) in [4.78, 5) is 0. The highest BCUT2D eigenvalue weighted by Gasteiger charge is 2.24. The molecule has 0 saturated heterocycles. The van der Waals surface area contributed by atoms with Gasteiger partial charge in [0.05, 0.1) is 13.2 Å². The average Bonchev–Trinajstić information content (AvgIpc) is 3.32. The normalized spacial score (nSPS) is 15.8. The fourth-order valence-corrected chi connectivity index (χ4v) is 2.83. The lowest BCUT2D eigenvalue weighted by molar-refractivity contribution is 0.177. The molecule has 0 heterocycles. The minimum atomic E-state index is -0.487. The maximum Gasteiger partial charge on any atom is 0.122 e. The maximum atomic E-state index is 10.6. The second kappa shape index (κ2) is 5.90. The zero-order valence-electron chi connectivity index (χ0n) is 12.7. The van der Waals surface area contributed by atoms with Crippen LogP contribution >= 0.6 is 0 Å². The van der Waals surface area contributed by atoms with Crippen LogP contribution in [-0.4, -0.2) is 12.2 Å².